The Morgan fingerprint density at radius 2 is 1.80 bits per heavy atom. The zero-order chi connectivity index (χ0) is 34.4. The molecule has 2 aromatic heterocycles. The molecule has 2 fully saturated rings. The minimum absolute atomic E-state index is 0.0499. The molecule has 3 aliphatic rings. The van der Waals surface area contributed by atoms with Crippen molar-refractivity contribution in [3.05, 3.63) is 89.4 Å². The number of esters is 1. The molecule has 4 heterocycles. The normalized spacial score (nSPS) is 16.2. The van der Waals surface area contributed by atoms with Gasteiger partial charge < -0.3 is 29.0 Å². The molecule has 0 radical (unpaired) electrons. The minimum atomic E-state index is -0.636. The van der Waals surface area contributed by atoms with E-state index in [1.807, 2.05) is 12.1 Å². The number of hydrogen-bond acceptors (Lipinski definition) is 8. The van der Waals surface area contributed by atoms with Crippen LogP contribution in [-0.2, 0) is 9.53 Å². The molecule has 1 saturated heterocycles. The predicted molar refractivity (Wildman–Crippen MR) is 183 cm³/mol. The Bertz CT molecular complexity index is 2140. The van der Waals surface area contributed by atoms with Crippen molar-refractivity contribution >= 4 is 34.6 Å². The van der Waals surface area contributed by atoms with Crippen LogP contribution in [-0.4, -0.2) is 77.1 Å². The summed E-state index contributed by atoms with van der Waals surface area (Å²) in [5.41, 5.74) is 4.43. The van der Waals surface area contributed by atoms with Crippen LogP contribution < -0.4 is 14.4 Å². The summed E-state index contributed by atoms with van der Waals surface area (Å²) in [6.07, 6.45) is 3.68. The van der Waals surface area contributed by atoms with Crippen molar-refractivity contribution < 1.29 is 33.0 Å². The van der Waals surface area contributed by atoms with Crippen molar-refractivity contribution in [3.63, 3.8) is 0 Å². The van der Waals surface area contributed by atoms with Crippen molar-refractivity contribution in [1.29, 1.82) is 0 Å². The fraction of sp³-hybridized carbons (Fsp3) is 0.289. The van der Waals surface area contributed by atoms with Crippen molar-refractivity contribution in [1.82, 2.24) is 19.9 Å². The highest BCUT2D eigenvalue weighted by molar-refractivity contribution is 6.10. The van der Waals surface area contributed by atoms with Gasteiger partial charge in [-0.1, -0.05) is 31.2 Å². The van der Waals surface area contributed by atoms with Crippen LogP contribution in [0, 0.1) is 5.82 Å². The van der Waals surface area contributed by atoms with Crippen LogP contribution in [0.1, 0.15) is 58.4 Å². The number of para-hydroxylation sites is 1. The van der Waals surface area contributed by atoms with Crippen LogP contribution in [0.4, 0.5) is 10.1 Å². The first-order chi connectivity index (χ1) is 24.4. The Balaban J connectivity index is 1.17. The van der Waals surface area contributed by atoms with Crippen LogP contribution >= 0.6 is 0 Å². The second-order valence-corrected chi connectivity index (χ2v) is 12.6. The molecule has 2 amide bonds. The highest BCUT2D eigenvalue weighted by Gasteiger charge is 2.34. The summed E-state index contributed by atoms with van der Waals surface area (Å²) in [6.45, 7) is 4.07. The number of morpholine rings is 1. The van der Waals surface area contributed by atoms with E-state index in [4.69, 9.17) is 19.2 Å². The molecule has 1 N–H and O–H groups in total. The summed E-state index contributed by atoms with van der Waals surface area (Å²) >= 11 is 0. The van der Waals surface area contributed by atoms with Crippen LogP contribution in [0.5, 0.6) is 11.5 Å². The standard InChI is InChI=1S/C38H34FN5O6/c1-2-31(45)50-34-27(4-3-5-29(34)44-16-19-49-30-21-25(22-6-7-22)20-28(39)32(30)38(44)47)26-12-13-40-36-33(26)41-35(42-36)23-8-10-24(11-9-23)37(46)43-14-17-48-18-15-43/h3-5,8-13,20-22H,2,6-7,14-19H2,1H3,(H,40,41,42). The van der Waals surface area contributed by atoms with E-state index in [0.29, 0.717) is 65.7 Å². The molecule has 11 nitrogen and oxygen atoms in total. The number of nitrogens with zero attached hydrogens (tertiary/aromatic N) is 4. The van der Waals surface area contributed by atoms with E-state index < -0.39 is 17.7 Å². The Morgan fingerprint density at radius 3 is 2.56 bits per heavy atom. The van der Waals surface area contributed by atoms with Gasteiger partial charge in [0.05, 0.1) is 25.4 Å². The molecule has 2 aliphatic heterocycles. The maximum Gasteiger partial charge on any atom is 0.310 e. The second-order valence-electron chi connectivity index (χ2n) is 12.6. The van der Waals surface area contributed by atoms with Crippen molar-refractivity contribution in [2.45, 2.75) is 32.1 Å². The maximum atomic E-state index is 15.6. The molecular weight excluding hydrogens is 641 g/mol. The van der Waals surface area contributed by atoms with Gasteiger partial charge in [-0.25, -0.2) is 14.4 Å². The van der Waals surface area contributed by atoms with Gasteiger partial charge in [0, 0.05) is 48.0 Å². The lowest BCUT2D eigenvalue weighted by atomic mass is 10.0. The third-order valence-corrected chi connectivity index (χ3v) is 9.32. The van der Waals surface area contributed by atoms with Crippen LogP contribution in [0.25, 0.3) is 33.7 Å². The van der Waals surface area contributed by atoms with Crippen molar-refractivity contribution in [2.24, 2.45) is 0 Å². The number of aromatic amines is 1. The first-order valence-corrected chi connectivity index (χ1v) is 16.8. The third-order valence-electron chi connectivity index (χ3n) is 9.32. The van der Waals surface area contributed by atoms with E-state index in [2.05, 4.69) is 9.97 Å². The molecule has 0 unspecified atom stereocenters. The number of benzene rings is 3. The average Bonchev–Trinajstić information content (AvgIpc) is 3.93. The fourth-order valence-electron chi connectivity index (χ4n) is 6.52. The van der Waals surface area contributed by atoms with E-state index >= 15 is 4.39 Å². The number of imidazole rings is 1. The van der Waals surface area contributed by atoms with E-state index in [-0.39, 0.29) is 48.5 Å². The lowest BCUT2D eigenvalue weighted by Gasteiger charge is -2.26. The molecule has 0 atom stereocenters. The summed E-state index contributed by atoms with van der Waals surface area (Å²) < 4.78 is 32.8. The molecule has 0 spiro atoms. The highest BCUT2D eigenvalue weighted by Crippen LogP contribution is 2.45. The Morgan fingerprint density at radius 1 is 1.00 bits per heavy atom. The largest absolute Gasteiger partial charge is 0.491 e. The Kier molecular flexibility index (Phi) is 8.23. The fourth-order valence-corrected chi connectivity index (χ4v) is 6.52. The van der Waals surface area contributed by atoms with Crippen molar-refractivity contribution in [3.8, 4) is 34.0 Å². The van der Waals surface area contributed by atoms with E-state index in [9.17, 15) is 14.4 Å². The van der Waals surface area contributed by atoms with Crippen LogP contribution in [0.3, 0.4) is 0 Å². The molecule has 3 aromatic carbocycles. The molecule has 1 saturated carbocycles. The van der Waals surface area contributed by atoms with Crippen LogP contribution in [0.2, 0.25) is 0 Å². The van der Waals surface area contributed by atoms with E-state index in [1.54, 1.807) is 60.5 Å². The Labute approximate surface area is 287 Å². The number of carbonyl (C=O) groups is 3. The molecule has 5 aromatic rings. The minimum Gasteiger partial charge on any atom is -0.491 e. The van der Waals surface area contributed by atoms with E-state index in [0.717, 1.165) is 24.0 Å². The van der Waals surface area contributed by atoms with Gasteiger partial charge in [0.1, 0.15) is 35.1 Å². The van der Waals surface area contributed by atoms with Gasteiger partial charge in [-0.3, -0.25) is 14.4 Å². The summed E-state index contributed by atoms with van der Waals surface area (Å²) in [7, 11) is 0. The second kappa shape index (κ2) is 13.0. The van der Waals surface area contributed by atoms with E-state index in [1.165, 1.54) is 11.0 Å². The van der Waals surface area contributed by atoms with Crippen LogP contribution in [0.15, 0.2) is 66.9 Å². The summed E-state index contributed by atoms with van der Waals surface area (Å²) in [6, 6.07) is 17.4. The first-order valence-electron chi connectivity index (χ1n) is 16.8. The lowest BCUT2D eigenvalue weighted by Crippen LogP contribution is -2.40. The zero-order valence-corrected chi connectivity index (χ0v) is 27.4. The number of anilines is 1. The van der Waals surface area contributed by atoms with Gasteiger partial charge in [0.25, 0.3) is 11.8 Å². The lowest BCUT2D eigenvalue weighted by molar-refractivity contribution is -0.133. The molecular formula is C38H34FN5O6. The number of pyridine rings is 1. The molecule has 50 heavy (non-hydrogen) atoms. The summed E-state index contributed by atoms with van der Waals surface area (Å²) in [4.78, 5) is 55.7. The van der Waals surface area contributed by atoms with Gasteiger partial charge in [0.15, 0.2) is 11.4 Å². The SMILES string of the molecule is CCC(=O)Oc1c(-c2ccnc3[nH]c(-c4ccc(C(=O)N5CCOCC5)cc4)nc23)cccc1N1CCOc2cc(C3CC3)cc(F)c2C1=O. The third kappa shape index (κ3) is 5.85. The molecule has 1 aliphatic carbocycles. The van der Waals surface area contributed by atoms with Gasteiger partial charge >= 0.3 is 5.97 Å². The highest BCUT2D eigenvalue weighted by atomic mass is 19.1. The summed E-state index contributed by atoms with van der Waals surface area (Å²) in [5.74, 6) is -0.581. The number of hydrogen-bond donors (Lipinski definition) is 1. The number of halogens is 1. The Hall–Kier alpha value is -5.62. The topological polar surface area (TPSA) is 127 Å². The quantitative estimate of drug-likeness (QED) is 0.161. The first kappa shape index (κ1) is 31.6. The molecule has 8 rings (SSSR count). The average molecular weight is 676 g/mol. The number of amides is 2. The number of carbonyl (C=O) groups excluding carboxylic acids is 3. The summed E-state index contributed by atoms with van der Waals surface area (Å²) in [5, 5.41) is 0. The molecule has 254 valence electrons. The smallest absolute Gasteiger partial charge is 0.310 e. The number of rotatable bonds is 7. The van der Waals surface area contributed by atoms with Gasteiger partial charge in [-0.2, -0.15) is 0 Å². The van der Waals surface area contributed by atoms with Crippen molar-refractivity contribution in [2.75, 3.05) is 44.4 Å². The van der Waals surface area contributed by atoms with Gasteiger partial charge in [-0.15, -0.1) is 0 Å². The molecule has 12 heteroatoms. The monoisotopic (exact) mass is 675 g/mol. The number of H-pyrrole nitrogens is 1. The zero-order valence-electron chi connectivity index (χ0n) is 27.4. The number of nitrogens with one attached hydrogen (secondary N) is 1. The predicted octanol–water partition coefficient (Wildman–Crippen LogP) is 6.14. The maximum absolute atomic E-state index is 15.6. The molecule has 0 bridgehead atoms. The number of ether oxygens (including phenoxy) is 3. The number of aromatic nitrogens is 3. The van der Waals surface area contributed by atoms with Gasteiger partial charge in [-0.05, 0) is 60.7 Å². The van der Waals surface area contributed by atoms with Gasteiger partial charge in [0.2, 0.25) is 0 Å². The number of fused-ring (bicyclic) bond motifs is 2.